The summed E-state index contributed by atoms with van der Waals surface area (Å²) in [6.07, 6.45) is 0. The molecule has 0 saturated heterocycles. The molecule has 0 aromatic heterocycles. The monoisotopic (exact) mass is 412 g/mol. The molecule has 0 spiro atoms. The van der Waals surface area contributed by atoms with Crippen LogP contribution in [0, 0.1) is 0 Å². The summed E-state index contributed by atoms with van der Waals surface area (Å²) in [7, 11) is 1.58. The molecule has 0 aliphatic heterocycles. The molecule has 0 bridgehead atoms. The molecule has 2 aromatic rings. The second-order valence-corrected chi connectivity index (χ2v) is 5.97. The van der Waals surface area contributed by atoms with Crippen molar-refractivity contribution in [2.24, 2.45) is 0 Å². The van der Waals surface area contributed by atoms with Crippen LogP contribution in [0.5, 0.6) is 5.75 Å². The topological polar surface area (TPSA) is 50.4 Å². The number of rotatable bonds is 4. The predicted molar refractivity (Wildman–Crippen MR) is 90.7 cm³/mol. The van der Waals surface area contributed by atoms with Crippen LogP contribution >= 0.6 is 31.9 Å². The number of hydrogen-bond acceptors (Lipinski definition) is 2. The van der Waals surface area contributed by atoms with E-state index in [0.29, 0.717) is 18.0 Å². The van der Waals surface area contributed by atoms with Crippen molar-refractivity contribution in [3.8, 4) is 5.75 Å². The van der Waals surface area contributed by atoms with Gasteiger partial charge in [0.15, 0.2) is 0 Å². The third kappa shape index (κ3) is 4.47. The summed E-state index contributed by atoms with van der Waals surface area (Å²) < 4.78 is 6.79. The molecule has 0 radical (unpaired) electrons. The lowest BCUT2D eigenvalue weighted by Crippen LogP contribution is -2.28. The number of halogens is 2. The first-order chi connectivity index (χ1) is 10.1. The first-order valence-electron chi connectivity index (χ1n) is 6.22. The van der Waals surface area contributed by atoms with Gasteiger partial charge in [-0.15, -0.1) is 0 Å². The molecule has 0 saturated carbocycles. The van der Waals surface area contributed by atoms with Gasteiger partial charge in [-0.1, -0.05) is 30.3 Å². The number of benzene rings is 2. The molecule has 2 N–H and O–H groups in total. The Morgan fingerprint density at radius 1 is 1.14 bits per heavy atom. The average Bonchev–Trinajstić information content (AvgIpc) is 2.49. The summed E-state index contributed by atoms with van der Waals surface area (Å²) in [4.78, 5) is 11.9. The molecule has 0 heterocycles. The number of anilines is 1. The maximum Gasteiger partial charge on any atom is 0.319 e. The van der Waals surface area contributed by atoms with Crippen molar-refractivity contribution in [1.82, 2.24) is 5.32 Å². The molecule has 21 heavy (non-hydrogen) atoms. The van der Waals surface area contributed by atoms with Crippen LogP contribution in [-0.4, -0.2) is 13.1 Å². The molecule has 2 aromatic carbocycles. The van der Waals surface area contributed by atoms with Gasteiger partial charge >= 0.3 is 6.03 Å². The molecule has 4 nitrogen and oxygen atoms in total. The fraction of sp³-hybridized carbons (Fsp3) is 0.133. The van der Waals surface area contributed by atoms with Gasteiger partial charge in [-0.3, -0.25) is 0 Å². The van der Waals surface area contributed by atoms with E-state index < -0.39 is 0 Å². The highest BCUT2D eigenvalue weighted by Crippen LogP contribution is 2.34. The highest BCUT2D eigenvalue weighted by Gasteiger charge is 2.09. The van der Waals surface area contributed by atoms with Crippen molar-refractivity contribution in [3.05, 3.63) is 57.0 Å². The van der Waals surface area contributed by atoms with E-state index in [1.54, 1.807) is 13.2 Å². The third-order valence-electron chi connectivity index (χ3n) is 2.79. The van der Waals surface area contributed by atoms with Gasteiger partial charge in [-0.05, 0) is 43.5 Å². The molecule has 110 valence electrons. The zero-order valence-electron chi connectivity index (χ0n) is 11.3. The molecule has 0 fully saturated rings. The van der Waals surface area contributed by atoms with Crippen LogP contribution in [0.25, 0.3) is 0 Å². The number of methoxy groups -OCH3 is 1. The second kappa shape index (κ2) is 7.47. The number of carbonyl (C=O) groups is 1. The number of amides is 2. The van der Waals surface area contributed by atoms with Gasteiger partial charge in [-0.25, -0.2) is 4.79 Å². The Bertz CT molecular complexity index is 633. The van der Waals surface area contributed by atoms with E-state index in [1.165, 1.54) is 0 Å². The van der Waals surface area contributed by atoms with Crippen LogP contribution in [-0.2, 0) is 6.54 Å². The quantitative estimate of drug-likeness (QED) is 0.772. The highest BCUT2D eigenvalue weighted by atomic mass is 79.9. The fourth-order valence-corrected chi connectivity index (χ4v) is 2.98. The van der Waals surface area contributed by atoms with Crippen LogP contribution in [0.3, 0.4) is 0 Å². The fourth-order valence-electron chi connectivity index (χ4n) is 1.73. The Balaban J connectivity index is 1.99. The minimum Gasteiger partial charge on any atom is -0.495 e. The summed E-state index contributed by atoms with van der Waals surface area (Å²) in [5.74, 6) is 0.650. The van der Waals surface area contributed by atoms with E-state index in [2.05, 4.69) is 42.5 Å². The first-order valence-corrected chi connectivity index (χ1v) is 7.80. The first kappa shape index (κ1) is 15.9. The van der Waals surface area contributed by atoms with Gasteiger partial charge in [0.1, 0.15) is 5.75 Å². The standard InChI is InChI=1S/C15H14Br2N2O2/c1-21-14-8-13(11(16)7-12(14)17)19-15(20)18-9-10-5-3-2-4-6-10/h2-8H,9H2,1H3,(H2,18,19,20). The Morgan fingerprint density at radius 3 is 2.52 bits per heavy atom. The molecule has 0 atom stereocenters. The van der Waals surface area contributed by atoms with Crippen molar-refractivity contribution in [2.75, 3.05) is 12.4 Å². The minimum absolute atomic E-state index is 0.274. The molecule has 0 unspecified atom stereocenters. The highest BCUT2D eigenvalue weighted by molar-refractivity contribution is 9.11. The summed E-state index contributed by atoms with van der Waals surface area (Å²) in [6.45, 7) is 0.470. The molecule has 2 rings (SSSR count). The summed E-state index contributed by atoms with van der Waals surface area (Å²) in [6, 6.07) is 13.0. The van der Waals surface area contributed by atoms with Gasteiger partial charge < -0.3 is 15.4 Å². The van der Waals surface area contributed by atoms with E-state index in [0.717, 1.165) is 14.5 Å². The Labute approximate surface area is 140 Å². The van der Waals surface area contributed by atoms with Gasteiger partial charge in [0.2, 0.25) is 0 Å². The number of urea groups is 1. The number of carbonyl (C=O) groups excluding carboxylic acids is 1. The van der Waals surface area contributed by atoms with E-state index >= 15 is 0 Å². The summed E-state index contributed by atoms with van der Waals surface area (Å²) >= 11 is 6.79. The molecule has 6 heteroatoms. The zero-order valence-corrected chi connectivity index (χ0v) is 14.5. The smallest absolute Gasteiger partial charge is 0.319 e. The van der Waals surface area contributed by atoms with E-state index in [9.17, 15) is 4.79 Å². The summed E-state index contributed by atoms with van der Waals surface area (Å²) in [5.41, 5.74) is 1.68. The molecule has 0 aliphatic rings. The molecule has 0 aliphatic carbocycles. The molecular formula is C15H14Br2N2O2. The lowest BCUT2D eigenvalue weighted by molar-refractivity contribution is 0.251. The third-order valence-corrected chi connectivity index (χ3v) is 4.06. The lowest BCUT2D eigenvalue weighted by atomic mass is 10.2. The lowest BCUT2D eigenvalue weighted by Gasteiger charge is -2.12. The normalized spacial score (nSPS) is 10.0. The van der Waals surface area contributed by atoms with Gasteiger partial charge in [-0.2, -0.15) is 0 Å². The van der Waals surface area contributed by atoms with E-state index in [4.69, 9.17) is 4.74 Å². The van der Waals surface area contributed by atoms with E-state index in [1.807, 2.05) is 36.4 Å². The van der Waals surface area contributed by atoms with Crippen molar-refractivity contribution in [2.45, 2.75) is 6.54 Å². The predicted octanol–water partition coefficient (Wildman–Crippen LogP) is 4.54. The maximum atomic E-state index is 11.9. The van der Waals surface area contributed by atoms with Crippen molar-refractivity contribution in [3.63, 3.8) is 0 Å². The number of nitrogens with one attached hydrogen (secondary N) is 2. The molecular weight excluding hydrogens is 400 g/mol. The van der Waals surface area contributed by atoms with Gasteiger partial charge in [0.05, 0.1) is 17.3 Å². The Kier molecular flexibility index (Phi) is 5.64. The van der Waals surface area contributed by atoms with Gasteiger partial charge in [0, 0.05) is 17.1 Å². The van der Waals surface area contributed by atoms with Crippen LogP contribution in [0.15, 0.2) is 51.4 Å². The zero-order chi connectivity index (χ0) is 15.2. The maximum absolute atomic E-state index is 11.9. The number of ether oxygens (including phenoxy) is 1. The van der Waals surface area contributed by atoms with Crippen molar-refractivity contribution in [1.29, 1.82) is 0 Å². The Morgan fingerprint density at radius 2 is 1.86 bits per heavy atom. The largest absolute Gasteiger partial charge is 0.495 e. The van der Waals surface area contributed by atoms with Crippen molar-refractivity contribution >= 4 is 43.6 Å². The number of hydrogen-bond donors (Lipinski definition) is 2. The summed E-state index contributed by atoms with van der Waals surface area (Å²) in [5, 5.41) is 5.59. The van der Waals surface area contributed by atoms with Crippen LogP contribution in [0.2, 0.25) is 0 Å². The molecule has 2 amide bonds. The van der Waals surface area contributed by atoms with Crippen LogP contribution < -0.4 is 15.4 Å². The SMILES string of the molecule is COc1cc(NC(=O)NCc2ccccc2)c(Br)cc1Br. The van der Waals surface area contributed by atoms with Crippen molar-refractivity contribution < 1.29 is 9.53 Å². The van der Waals surface area contributed by atoms with Crippen LogP contribution in [0.4, 0.5) is 10.5 Å². The van der Waals surface area contributed by atoms with E-state index in [-0.39, 0.29) is 6.03 Å². The minimum atomic E-state index is -0.274. The second-order valence-electron chi connectivity index (χ2n) is 4.26. The Hall–Kier alpha value is -1.53. The van der Waals surface area contributed by atoms with Crippen LogP contribution in [0.1, 0.15) is 5.56 Å². The average molecular weight is 414 g/mol. The van der Waals surface area contributed by atoms with Gasteiger partial charge in [0.25, 0.3) is 0 Å².